The minimum Gasteiger partial charge on any atom is -0.380 e. The van der Waals surface area contributed by atoms with E-state index in [0.29, 0.717) is 6.07 Å². The predicted octanol–water partition coefficient (Wildman–Crippen LogP) is 5.25. The van der Waals surface area contributed by atoms with Crippen LogP contribution < -0.4 is 5.32 Å². The molecule has 0 amide bonds. The van der Waals surface area contributed by atoms with E-state index in [2.05, 4.69) is 5.32 Å². The molecule has 0 heterocycles. The van der Waals surface area contributed by atoms with E-state index < -0.39 is 23.4 Å². The van der Waals surface area contributed by atoms with Gasteiger partial charge in [0.15, 0.2) is 0 Å². The topological polar surface area (TPSA) is 12.0 Å². The highest BCUT2D eigenvalue weighted by atomic mass is 35.5. The molecule has 0 aliphatic rings. The largest absolute Gasteiger partial charge is 0.416 e. The first-order valence-electron chi connectivity index (χ1n) is 5.82. The van der Waals surface area contributed by atoms with Gasteiger partial charge in [-0.3, -0.25) is 0 Å². The lowest BCUT2D eigenvalue weighted by Gasteiger charge is -2.12. The predicted molar refractivity (Wildman–Crippen MR) is 70.1 cm³/mol. The molecule has 21 heavy (non-hydrogen) atoms. The lowest BCUT2D eigenvalue weighted by atomic mass is 10.1. The maximum absolute atomic E-state index is 13.4. The van der Waals surface area contributed by atoms with Crippen LogP contribution in [0.2, 0.25) is 5.02 Å². The molecule has 2 aromatic rings. The van der Waals surface area contributed by atoms with Gasteiger partial charge < -0.3 is 5.32 Å². The molecule has 112 valence electrons. The molecule has 0 bridgehead atoms. The van der Waals surface area contributed by atoms with E-state index in [1.165, 1.54) is 6.07 Å². The summed E-state index contributed by atoms with van der Waals surface area (Å²) in [6, 6.07) is 5.77. The summed E-state index contributed by atoms with van der Waals surface area (Å²) in [6.07, 6.45) is -4.50. The second-order valence-electron chi connectivity index (χ2n) is 4.28. The van der Waals surface area contributed by atoms with Crippen molar-refractivity contribution >= 4 is 17.3 Å². The van der Waals surface area contributed by atoms with Crippen LogP contribution in [0.1, 0.15) is 11.1 Å². The summed E-state index contributed by atoms with van der Waals surface area (Å²) in [6.45, 7) is -0.118. The molecule has 0 spiro atoms. The Balaban J connectivity index is 2.19. The monoisotopic (exact) mass is 321 g/mol. The summed E-state index contributed by atoms with van der Waals surface area (Å²) in [5.74, 6) is -1.51. The molecule has 0 fully saturated rings. The first kappa shape index (κ1) is 15.6. The standard InChI is InChI=1S/C14H9ClF5N/c15-11-4-2-9(14(18,19)20)5-13(11)21-7-8-1-3-10(16)6-12(8)17/h1-6,21H,7H2. The highest BCUT2D eigenvalue weighted by molar-refractivity contribution is 6.33. The zero-order chi connectivity index (χ0) is 15.6. The molecule has 0 saturated carbocycles. The van der Waals surface area contributed by atoms with Crippen molar-refractivity contribution in [3.63, 3.8) is 0 Å². The summed E-state index contributed by atoms with van der Waals surface area (Å²) < 4.78 is 64.0. The lowest BCUT2D eigenvalue weighted by molar-refractivity contribution is -0.137. The molecule has 0 atom stereocenters. The van der Waals surface area contributed by atoms with Gasteiger partial charge >= 0.3 is 6.18 Å². The second-order valence-corrected chi connectivity index (χ2v) is 4.69. The van der Waals surface area contributed by atoms with Crippen molar-refractivity contribution in [3.8, 4) is 0 Å². The maximum atomic E-state index is 13.4. The third-order valence-corrected chi connectivity index (χ3v) is 3.11. The van der Waals surface area contributed by atoms with Crippen molar-refractivity contribution < 1.29 is 22.0 Å². The van der Waals surface area contributed by atoms with E-state index in [1.54, 1.807) is 0 Å². The fraction of sp³-hybridized carbons (Fsp3) is 0.143. The van der Waals surface area contributed by atoms with E-state index >= 15 is 0 Å². The molecular weight excluding hydrogens is 313 g/mol. The Hall–Kier alpha value is -1.82. The van der Waals surface area contributed by atoms with Gasteiger partial charge in [0.25, 0.3) is 0 Å². The van der Waals surface area contributed by atoms with E-state index in [1.807, 2.05) is 0 Å². The van der Waals surface area contributed by atoms with Crippen LogP contribution in [-0.4, -0.2) is 0 Å². The third kappa shape index (κ3) is 3.85. The van der Waals surface area contributed by atoms with Crippen molar-refractivity contribution in [3.05, 3.63) is 64.2 Å². The first-order valence-corrected chi connectivity index (χ1v) is 6.20. The average molecular weight is 322 g/mol. The van der Waals surface area contributed by atoms with Crippen molar-refractivity contribution in [2.75, 3.05) is 5.32 Å². The summed E-state index contributed by atoms with van der Waals surface area (Å²) in [5, 5.41) is 2.68. The van der Waals surface area contributed by atoms with Crippen LogP contribution in [0.4, 0.5) is 27.6 Å². The number of alkyl halides is 3. The van der Waals surface area contributed by atoms with Crippen LogP contribution in [0.15, 0.2) is 36.4 Å². The van der Waals surface area contributed by atoms with E-state index in [9.17, 15) is 22.0 Å². The molecule has 1 nitrogen and oxygen atoms in total. The highest BCUT2D eigenvalue weighted by Gasteiger charge is 2.30. The van der Waals surface area contributed by atoms with Gasteiger partial charge in [-0.05, 0) is 24.3 Å². The van der Waals surface area contributed by atoms with Crippen LogP contribution in [0.3, 0.4) is 0 Å². The molecule has 1 N–H and O–H groups in total. The van der Waals surface area contributed by atoms with Crippen LogP contribution in [0.25, 0.3) is 0 Å². The van der Waals surface area contributed by atoms with Crippen molar-refractivity contribution in [1.82, 2.24) is 0 Å². The van der Waals surface area contributed by atoms with Gasteiger partial charge in [-0.1, -0.05) is 17.7 Å². The van der Waals surface area contributed by atoms with Gasteiger partial charge in [0, 0.05) is 18.2 Å². The van der Waals surface area contributed by atoms with Gasteiger partial charge in [0.05, 0.1) is 16.3 Å². The Bertz CT molecular complexity index is 654. The SMILES string of the molecule is Fc1ccc(CNc2cc(C(F)(F)F)ccc2Cl)c(F)c1. The molecular formula is C14H9ClF5N. The lowest BCUT2D eigenvalue weighted by Crippen LogP contribution is -2.07. The summed E-state index contributed by atoms with van der Waals surface area (Å²) in [4.78, 5) is 0. The number of anilines is 1. The Kier molecular flexibility index (Phi) is 4.37. The number of nitrogens with one attached hydrogen (secondary N) is 1. The smallest absolute Gasteiger partial charge is 0.380 e. The van der Waals surface area contributed by atoms with Gasteiger partial charge in [-0.2, -0.15) is 13.2 Å². The Morgan fingerprint density at radius 1 is 1.00 bits per heavy atom. The number of halogens is 6. The molecule has 2 aromatic carbocycles. The fourth-order valence-corrected chi connectivity index (χ4v) is 1.88. The minimum absolute atomic E-state index is 0.0233. The zero-order valence-corrected chi connectivity index (χ0v) is 11.2. The van der Waals surface area contributed by atoms with Crippen LogP contribution in [0, 0.1) is 11.6 Å². The van der Waals surface area contributed by atoms with Crippen LogP contribution >= 0.6 is 11.6 Å². The van der Waals surface area contributed by atoms with Crippen molar-refractivity contribution in [1.29, 1.82) is 0 Å². The van der Waals surface area contributed by atoms with Gasteiger partial charge in [0.2, 0.25) is 0 Å². The maximum Gasteiger partial charge on any atom is 0.416 e. The van der Waals surface area contributed by atoms with Crippen LogP contribution in [-0.2, 0) is 12.7 Å². The summed E-state index contributed by atoms with van der Waals surface area (Å²) in [7, 11) is 0. The Morgan fingerprint density at radius 3 is 2.33 bits per heavy atom. The van der Waals surface area contributed by atoms with E-state index in [0.717, 1.165) is 24.3 Å². The average Bonchev–Trinajstić information content (AvgIpc) is 2.38. The molecule has 2 rings (SSSR count). The zero-order valence-electron chi connectivity index (χ0n) is 10.4. The summed E-state index contributed by atoms with van der Waals surface area (Å²) >= 11 is 5.79. The number of rotatable bonds is 3. The Labute approximate surface area is 122 Å². The number of benzene rings is 2. The molecule has 0 saturated heterocycles. The molecule has 0 aromatic heterocycles. The first-order chi connectivity index (χ1) is 9.77. The normalized spacial score (nSPS) is 11.5. The minimum atomic E-state index is -4.50. The molecule has 0 unspecified atom stereocenters. The quantitative estimate of drug-likeness (QED) is 0.761. The third-order valence-electron chi connectivity index (χ3n) is 2.78. The van der Waals surface area contributed by atoms with Crippen molar-refractivity contribution in [2.24, 2.45) is 0 Å². The van der Waals surface area contributed by atoms with Gasteiger partial charge in [-0.15, -0.1) is 0 Å². The molecule has 0 radical (unpaired) electrons. The van der Waals surface area contributed by atoms with Gasteiger partial charge in [-0.25, -0.2) is 8.78 Å². The van der Waals surface area contributed by atoms with Gasteiger partial charge in [0.1, 0.15) is 11.6 Å². The van der Waals surface area contributed by atoms with Crippen LogP contribution in [0.5, 0.6) is 0 Å². The van der Waals surface area contributed by atoms with E-state index in [-0.39, 0.29) is 22.8 Å². The molecule has 0 aliphatic carbocycles. The number of hydrogen-bond acceptors (Lipinski definition) is 1. The molecule has 0 aliphatic heterocycles. The second kappa shape index (κ2) is 5.89. The van der Waals surface area contributed by atoms with Crippen molar-refractivity contribution in [2.45, 2.75) is 12.7 Å². The molecule has 7 heteroatoms. The number of hydrogen-bond donors (Lipinski definition) is 1. The summed E-state index contributed by atoms with van der Waals surface area (Å²) in [5.41, 5.74) is -0.728. The fourth-order valence-electron chi connectivity index (χ4n) is 1.69. The Morgan fingerprint density at radius 2 is 1.71 bits per heavy atom. The highest BCUT2D eigenvalue weighted by Crippen LogP contribution is 2.34. The van der Waals surface area contributed by atoms with E-state index in [4.69, 9.17) is 11.6 Å².